The second-order valence-corrected chi connectivity index (χ2v) is 7.56. The number of carbonyl (C=O) groups is 2. The standard InChI is InChI=1S/C21H26N4O2/c1-23-14-10-22-20(23)19(26)17-5-4-13-25(15-17)21(27)16-6-8-18(9-7-16)24-11-2-3-12-24/h6-10,14,17H,2-5,11-13,15H2,1H3/t17-/m1/s1. The molecular weight excluding hydrogens is 340 g/mol. The van der Waals surface area contributed by atoms with Crippen molar-refractivity contribution in [2.75, 3.05) is 31.1 Å². The number of aryl methyl sites for hydroxylation is 1. The van der Waals surface area contributed by atoms with Gasteiger partial charge < -0.3 is 14.4 Å². The van der Waals surface area contributed by atoms with Crippen molar-refractivity contribution < 1.29 is 9.59 Å². The lowest BCUT2D eigenvalue weighted by Gasteiger charge is -2.32. The van der Waals surface area contributed by atoms with Gasteiger partial charge >= 0.3 is 0 Å². The normalized spacial score (nSPS) is 20.1. The number of aromatic nitrogens is 2. The van der Waals surface area contributed by atoms with Gasteiger partial charge in [0.1, 0.15) is 0 Å². The van der Waals surface area contributed by atoms with Crippen LogP contribution in [0.25, 0.3) is 0 Å². The van der Waals surface area contributed by atoms with Crippen LogP contribution in [0.15, 0.2) is 36.7 Å². The topological polar surface area (TPSA) is 58.4 Å². The van der Waals surface area contributed by atoms with E-state index < -0.39 is 0 Å². The Balaban J connectivity index is 1.44. The largest absolute Gasteiger partial charge is 0.372 e. The van der Waals surface area contributed by atoms with Crippen LogP contribution >= 0.6 is 0 Å². The lowest BCUT2D eigenvalue weighted by molar-refractivity contribution is 0.0633. The van der Waals surface area contributed by atoms with E-state index in [-0.39, 0.29) is 17.6 Å². The van der Waals surface area contributed by atoms with E-state index in [9.17, 15) is 9.59 Å². The molecule has 0 N–H and O–H groups in total. The van der Waals surface area contributed by atoms with E-state index in [1.165, 1.54) is 18.5 Å². The molecule has 1 atom stereocenters. The highest BCUT2D eigenvalue weighted by atomic mass is 16.2. The highest BCUT2D eigenvalue weighted by molar-refractivity contribution is 5.97. The summed E-state index contributed by atoms with van der Waals surface area (Å²) in [4.78, 5) is 34.0. The summed E-state index contributed by atoms with van der Waals surface area (Å²) < 4.78 is 1.75. The van der Waals surface area contributed by atoms with Gasteiger partial charge in [-0.05, 0) is 49.9 Å². The highest BCUT2D eigenvalue weighted by Gasteiger charge is 2.31. The quantitative estimate of drug-likeness (QED) is 0.781. The molecule has 0 saturated carbocycles. The summed E-state index contributed by atoms with van der Waals surface area (Å²) in [5.41, 5.74) is 1.88. The molecule has 1 aromatic carbocycles. The predicted molar refractivity (Wildman–Crippen MR) is 104 cm³/mol. The van der Waals surface area contributed by atoms with E-state index in [0.717, 1.165) is 25.9 Å². The molecule has 0 unspecified atom stereocenters. The number of carbonyl (C=O) groups excluding carboxylic acids is 2. The minimum atomic E-state index is -0.173. The number of hydrogen-bond acceptors (Lipinski definition) is 4. The fourth-order valence-corrected chi connectivity index (χ4v) is 4.13. The molecule has 142 valence electrons. The van der Waals surface area contributed by atoms with Crippen LogP contribution in [0.2, 0.25) is 0 Å². The molecule has 1 aromatic heterocycles. The number of imidazole rings is 1. The van der Waals surface area contributed by atoms with Crippen molar-refractivity contribution in [3.63, 3.8) is 0 Å². The number of rotatable bonds is 4. The molecule has 4 rings (SSSR count). The van der Waals surface area contributed by atoms with E-state index in [1.807, 2.05) is 36.2 Å². The summed E-state index contributed by atoms with van der Waals surface area (Å²) in [5.74, 6) is 0.349. The molecule has 2 saturated heterocycles. The summed E-state index contributed by atoms with van der Waals surface area (Å²) in [5, 5.41) is 0. The third-order valence-corrected chi connectivity index (χ3v) is 5.71. The lowest BCUT2D eigenvalue weighted by Crippen LogP contribution is -2.42. The SMILES string of the molecule is Cn1ccnc1C(=O)[C@@H]1CCCN(C(=O)c2ccc(N3CCCC3)cc2)C1. The third-order valence-electron chi connectivity index (χ3n) is 5.71. The van der Waals surface area contributed by atoms with E-state index in [4.69, 9.17) is 0 Å². The van der Waals surface area contributed by atoms with Crippen molar-refractivity contribution in [2.45, 2.75) is 25.7 Å². The van der Waals surface area contributed by atoms with Crippen LogP contribution < -0.4 is 4.90 Å². The maximum atomic E-state index is 12.9. The smallest absolute Gasteiger partial charge is 0.253 e. The van der Waals surface area contributed by atoms with E-state index in [1.54, 1.807) is 17.0 Å². The molecule has 2 aliphatic heterocycles. The van der Waals surface area contributed by atoms with Crippen LogP contribution in [0, 0.1) is 5.92 Å². The molecule has 0 spiro atoms. The molecule has 1 amide bonds. The van der Waals surface area contributed by atoms with Gasteiger partial charge in [-0.3, -0.25) is 9.59 Å². The summed E-state index contributed by atoms with van der Waals surface area (Å²) >= 11 is 0. The Morgan fingerprint density at radius 3 is 2.44 bits per heavy atom. The Bertz CT molecular complexity index is 821. The fraction of sp³-hybridized carbons (Fsp3) is 0.476. The maximum Gasteiger partial charge on any atom is 0.253 e. The zero-order valence-corrected chi connectivity index (χ0v) is 15.8. The van der Waals surface area contributed by atoms with Gasteiger partial charge in [-0.25, -0.2) is 4.98 Å². The number of ketones is 1. The molecule has 0 bridgehead atoms. The Morgan fingerprint density at radius 2 is 1.78 bits per heavy atom. The second kappa shape index (κ2) is 7.55. The van der Waals surface area contributed by atoms with Gasteiger partial charge in [-0.15, -0.1) is 0 Å². The number of anilines is 1. The summed E-state index contributed by atoms with van der Waals surface area (Å²) in [6.07, 6.45) is 7.55. The molecular formula is C21H26N4O2. The number of benzene rings is 1. The first-order chi connectivity index (χ1) is 13.1. The van der Waals surface area contributed by atoms with Gasteiger partial charge in [0.15, 0.2) is 5.82 Å². The van der Waals surface area contributed by atoms with Crippen LogP contribution in [0.4, 0.5) is 5.69 Å². The first kappa shape index (κ1) is 17.8. The van der Waals surface area contributed by atoms with Crippen LogP contribution in [-0.2, 0) is 7.05 Å². The average Bonchev–Trinajstić information content (AvgIpc) is 3.39. The van der Waals surface area contributed by atoms with E-state index in [2.05, 4.69) is 9.88 Å². The van der Waals surface area contributed by atoms with Crippen LogP contribution in [-0.4, -0.2) is 52.3 Å². The van der Waals surface area contributed by atoms with Gasteiger partial charge in [0, 0.05) is 62.8 Å². The van der Waals surface area contributed by atoms with Gasteiger partial charge in [0.25, 0.3) is 5.91 Å². The number of nitrogens with zero attached hydrogens (tertiary/aromatic N) is 4. The van der Waals surface area contributed by atoms with Gasteiger partial charge in [0.2, 0.25) is 5.78 Å². The molecule has 6 heteroatoms. The maximum absolute atomic E-state index is 12.9. The molecule has 3 heterocycles. The van der Waals surface area contributed by atoms with E-state index >= 15 is 0 Å². The van der Waals surface area contributed by atoms with Crippen molar-refractivity contribution in [3.05, 3.63) is 48.0 Å². The molecule has 2 fully saturated rings. The van der Waals surface area contributed by atoms with Crippen LogP contribution in [0.3, 0.4) is 0 Å². The monoisotopic (exact) mass is 366 g/mol. The zero-order chi connectivity index (χ0) is 18.8. The van der Waals surface area contributed by atoms with Crippen molar-refractivity contribution >= 4 is 17.4 Å². The van der Waals surface area contributed by atoms with Crippen molar-refractivity contribution in [1.29, 1.82) is 0 Å². The Hall–Kier alpha value is -2.63. The highest BCUT2D eigenvalue weighted by Crippen LogP contribution is 2.24. The zero-order valence-electron chi connectivity index (χ0n) is 15.8. The Kier molecular flexibility index (Phi) is 4.97. The number of likely N-dealkylation sites (tertiary alicyclic amines) is 1. The molecule has 2 aromatic rings. The van der Waals surface area contributed by atoms with E-state index in [0.29, 0.717) is 24.5 Å². The molecule has 0 aliphatic carbocycles. The number of amides is 1. The molecule has 0 radical (unpaired) electrons. The molecule has 2 aliphatic rings. The van der Waals surface area contributed by atoms with Crippen LogP contribution in [0.5, 0.6) is 0 Å². The third kappa shape index (κ3) is 3.61. The minimum absolute atomic E-state index is 0.0142. The average molecular weight is 366 g/mol. The number of Topliss-reactive ketones (excluding diaryl/α,β-unsaturated/α-hetero) is 1. The molecule has 6 nitrogen and oxygen atoms in total. The summed E-state index contributed by atoms with van der Waals surface area (Å²) in [7, 11) is 1.83. The first-order valence-electron chi connectivity index (χ1n) is 9.79. The first-order valence-corrected chi connectivity index (χ1v) is 9.79. The summed E-state index contributed by atoms with van der Waals surface area (Å²) in [6, 6.07) is 7.92. The second-order valence-electron chi connectivity index (χ2n) is 7.56. The van der Waals surface area contributed by atoms with Gasteiger partial charge in [-0.2, -0.15) is 0 Å². The van der Waals surface area contributed by atoms with Crippen LogP contribution in [0.1, 0.15) is 46.7 Å². The number of piperidine rings is 1. The Morgan fingerprint density at radius 1 is 1.04 bits per heavy atom. The number of hydrogen-bond donors (Lipinski definition) is 0. The fourth-order valence-electron chi connectivity index (χ4n) is 4.13. The van der Waals surface area contributed by atoms with Crippen molar-refractivity contribution in [3.8, 4) is 0 Å². The Labute approximate surface area is 159 Å². The minimum Gasteiger partial charge on any atom is -0.372 e. The molecule has 27 heavy (non-hydrogen) atoms. The van der Waals surface area contributed by atoms with Gasteiger partial charge in [0.05, 0.1) is 0 Å². The summed E-state index contributed by atoms with van der Waals surface area (Å²) in [6.45, 7) is 3.36. The lowest BCUT2D eigenvalue weighted by atomic mass is 9.92. The predicted octanol–water partition coefficient (Wildman–Crippen LogP) is 2.76. The van der Waals surface area contributed by atoms with Gasteiger partial charge in [-0.1, -0.05) is 0 Å². The van der Waals surface area contributed by atoms with Crippen molar-refractivity contribution in [2.24, 2.45) is 13.0 Å². The van der Waals surface area contributed by atoms with Crippen molar-refractivity contribution in [1.82, 2.24) is 14.5 Å².